The summed E-state index contributed by atoms with van der Waals surface area (Å²) in [6.07, 6.45) is 1.45. The van der Waals surface area contributed by atoms with Crippen molar-refractivity contribution in [3.05, 3.63) is 71.8 Å². The van der Waals surface area contributed by atoms with Gasteiger partial charge in [0.05, 0.1) is 17.8 Å². The quantitative estimate of drug-likeness (QED) is 0.479. The van der Waals surface area contributed by atoms with Crippen molar-refractivity contribution in [3.8, 4) is 0 Å². The lowest BCUT2D eigenvalue weighted by atomic mass is 10.1. The van der Waals surface area contributed by atoms with Crippen molar-refractivity contribution in [1.29, 1.82) is 0 Å². The zero-order valence-electron chi connectivity index (χ0n) is 15.6. The fraction of sp³-hybridized carbons (Fsp3) is 0.182. The molecule has 0 unspecified atom stereocenters. The van der Waals surface area contributed by atoms with Gasteiger partial charge in [-0.3, -0.25) is 0 Å². The maximum absolute atomic E-state index is 13.0. The lowest BCUT2D eigenvalue weighted by Crippen LogP contribution is -2.12. The highest BCUT2D eigenvalue weighted by Crippen LogP contribution is 2.28. The predicted octanol–water partition coefficient (Wildman–Crippen LogP) is 5.03. The average molecular weight is 376 g/mol. The number of ether oxygens (including phenoxy) is 1. The monoisotopic (exact) mass is 376 g/mol. The van der Waals surface area contributed by atoms with Gasteiger partial charge in [-0.25, -0.2) is 14.2 Å². The summed E-state index contributed by atoms with van der Waals surface area (Å²) < 4.78 is 18.3. The van der Waals surface area contributed by atoms with Crippen molar-refractivity contribution < 1.29 is 13.9 Å². The molecule has 0 fully saturated rings. The minimum absolute atomic E-state index is 0.199. The first-order chi connectivity index (χ1) is 13.5. The molecule has 0 bridgehead atoms. The van der Waals surface area contributed by atoms with Crippen molar-refractivity contribution in [3.63, 3.8) is 0 Å². The van der Waals surface area contributed by atoms with E-state index in [1.165, 1.54) is 12.1 Å². The van der Waals surface area contributed by atoms with Crippen molar-refractivity contribution in [1.82, 2.24) is 9.97 Å². The Morgan fingerprint density at radius 1 is 1.11 bits per heavy atom. The number of carbonyl (C=O) groups is 1. The van der Waals surface area contributed by atoms with Crippen LogP contribution < -0.4 is 5.32 Å². The number of anilines is 1. The molecule has 2 heterocycles. The van der Waals surface area contributed by atoms with E-state index in [4.69, 9.17) is 4.74 Å². The molecule has 0 spiro atoms. The number of H-pyrrole nitrogens is 1. The van der Waals surface area contributed by atoms with Gasteiger partial charge in [0.15, 0.2) is 0 Å². The van der Waals surface area contributed by atoms with Gasteiger partial charge in [0.1, 0.15) is 11.5 Å². The predicted molar refractivity (Wildman–Crippen MR) is 108 cm³/mol. The Morgan fingerprint density at radius 3 is 2.61 bits per heavy atom. The number of aromatic nitrogens is 2. The van der Waals surface area contributed by atoms with Gasteiger partial charge in [-0.05, 0) is 55.8 Å². The lowest BCUT2D eigenvalue weighted by Gasteiger charge is -2.08. The van der Waals surface area contributed by atoms with Crippen molar-refractivity contribution >= 4 is 33.5 Å². The Labute approximate surface area is 161 Å². The van der Waals surface area contributed by atoms with Crippen LogP contribution in [0.1, 0.15) is 29.9 Å². The van der Waals surface area contributed by atoms with E-state index in [2.05, 4.69) is 15.3 Å². The Bertz CT molecular complexity index is 1150. The van der Waals surface area contributed by atoms with Gasteiger partial charge in [0.25, 0.3) is 0 Å². The summed E-state index contributed by atoms with van der Waals surface area (Å²) in [5.74, 6) is -0.679. The molecule has 6 heteroatoms. The van der Waals surface area contributed by atoms with Gasteiger partial charge in [-0.15, -0.1) is 0 Å². The second-order valence-corrected chi connectivity index (χ2v) is 6.93. The van der Waals surface area contributed by atoms with Gasteiger partial charge in [-0.2, -0.15) is 0 Å². The van der Waals surface area contributed by atoms with E-state index in [1.807, 2.05) is 18.2 Å². The first-order valence-corrected chi connectivity index (χ1v) is 9.10. The van der Waals surface area contributed by atoms with Crippen LogP contribution in [-0.2, 0) is 11.3 Å². The first-order valence-electron chi connectivity index (χ1n) is 9.10. The number of nitrogens with zero attached hydrogens (tertiary/aromatic N) is 1. The molecule has 0 atom stereocenters. The molecule has 4 rings (SSSR count). The van der Waals surface area contributed by atoms with Gasteiger partial charge in [0, 0.05) is 28.5 Å². The molecule has 0 aliphatic rings. The SMILES string of the molecule is CC(C)OC(=O)c1cc2c(cn1)[nH]c1ccc(NCc3ccc([18F])cc3)cc12. The van der Waals surface area contributed by atoms with Crippen LogP contribution in [0.2, 0.25) is 0 Å². The van der Waals surface area contributed by atoms with Crippen molar-refractivity contribution in [2.24, 2.45) is 0 Å². The lowest BCUT2D eigenvalue weighted by molar-refractivity contribution is 0.0371. The second kappa shape index (κ2) is 7.31. The highest BCUT2D eigenvalue weighted by Gasteiger charge is 2.14. The number of benzene rings is 2. The molecule has 5 nitrogen and oxygen atoms in total. The summed E-state index contributed by atoms with van der Waals surface area (Å²) in [7, 11) is 0. The minimum Gasteiger partial charge on any atom is -0.458 e. The third-order valence-corrected chi connectivity index (χ3v) is 4.44. The van der Waals surface area contributed by atoms with Crippen molar-refractivity contribution in [2.75, 3.05) is 5.32 Å². The summed E-state index contributed by atoms with van der Waals surface area (Å²) in [5, 5.41) is 5.24. The van der Waals surface area contributed by atoms with Crippen LogP contribution in [0.25, 0.3) is 21.8 Å². The van der Waals surface area contributed by atoms with E-state index in [-0.39, 0.29) is 17.6 Å². The average Bonchev–Trinajstić information content (AvgIpc) is 3.04. The second-order valence-electron chi connectivity index (χ2n) is 6.93. The van der Waals surface area contributed by atoms with Gasteiger partial charge in [-0.1, -0.05) is 12.1 Å². The van der Waals surface area contributed by atoms with Gasteiger partial charge < -0.3 is 15.0 Å². The number of aromatic amines is 1. The van der Waals surface area contributed by atoms with E-state index >= 15 is 0 Å². The van der Waals surface area contributed by atoms with Gasteiger partial charge >= 0.3 is 5.97 Å². The Morgan fingerprint density at radius 2 is 1.86 bits per heavy atom. The number of esters is 1. The topological polar surface area (TPSA) is 67.0 Å². The number of fused-ring (bicyclic) bond motifs is 3. The van der Waals surface area contributed by atoms with Crippen LogP contribution in [0.4, 0.5) is 10.1 Å². The third-order valence-electron chi connectivity index (χ3n) is 4.44. The van der Waals surface area contributed by atoms with Crippen LogP contribution >= 0.6 is 0 Å². The van der Waals surface area contributed by atoms with E-state index in [9.17, 15) is 9.18 Å². The normalized spacial score (nSPS) is 11.3. The molecule has 4 aromatic rings. The largest absolute Gasteiger partial charge is 0.458 e. The smallest absolute Gasteiger partial charge is 0.357 e. The fourth-order valence-electron chi connectivity index (χ4n) is 3.10. The van der Waals surface area contributed by atoms with Gasteiger partial charge in [0.2, 0.25) is 0 Å². The first kappa shape index (κ1) is 18.0. The minimum atomic E-state index is -0.433. The number of hydrogen-bond acceptors (Lipinski definition) is 4. The number of hydrogen-bond donors (Lipinski definition) is 2. The molecule has 0 aliphatic heterocycles. The van der Waals surface area contributed by atoms with Crippen LogP contribution in [0, 0.1) is 5.82 Å². The van der Waals surface area contributed by atoms with E-state index in [0.29, 0.717) is 6.54 Å². The van der Waals surface area contributed by atoms with Crippen LogP contribution in [0.3, 0.4) is 0 Å². The number of nitrogens with one attached hydrogen (secondary N) is 2. The molecule has 2 aromatic heterocycles. The number of halogens is 1. The Balaban J connectivity index is 1.64. The third kappa shape index (κ3) is 3.67. The number of carbonyl (C=O) groups excluding carboxylic acids is 1. The zero-order valence-corrected chi connectivity index (χ0v) is 15.6. The summed E-state index contributed by atoms with van der Waals surface area (Å²) >= 11 is 0. The summed E-state index contributed by atoms with van der Waals surface area (Å²) in [4.78, 5) is 19.7. The molecule has 0 saturated carbocycles. The van der Waals surface area contributed by atoms with Crippen LogP contribution in [0.5, 0.6) is 0 Å². The molecule has 0 amide bonds. The van der Waals surface area contributed by atoms with Crippen LogP contribution in [-0.4, -0.2) is 22.0 Å². The summed E-state index contributed by atoms with van der Waals surface area (Å²) in [6, 6.07) is 14.1. The summed E-state index contributed by atoms with van der Waals surface area (Å²) in [5.41, 5.74) is 4.02. The number of pyridine rings is 1. The molecule has 0 saturated heterocycles. The summed E-state index contributed by atoms with van der Waals surface area (Å²) in [6.45, 7) is 4.20. The zero-order chi connectivity index (χ0) is 19.7. The number of rotatable bonds is 5. The molecule has 0 radical (unpaired) electrons. The Hall–Kier alpha value is -3.41. The standard InChI is InChI=1S/C22H20FN3O2/c1-13(2)28-22(27)20-10-18-17-9-16(7-8-19(17)26-21(18)12-25-20)24-11-14-3-5-15(23)6-4-14/h3-10,12-13,24,26H,11H2,1-2H3/i23-1. The van der Waals surface area contributed by atoms with Crippen molar-refractivity contribution in [2.45, 2.75) is 26.5 Å². The molecule has 2 N–H and O–H groups in total. The maximum Gasteiger partial charge on any atom is 0.357 e. The molecule has 2 aromatic carbocycles. The van der Waals surface area contributed by atoms with E-state index < -0.39 is 5.97 Å². The highest BCUT2D eigenvalue weighted by atomic mass is 18.2. The highest BCUT2D eigenvalue weighted by molar-refractivity contribution is 6.09. The molecule has 142 valence electrons. The van der Waals surface area contributed by atoms with E-state index in [1.54, 1.807) is 38.2 Å². The Kier molecular flexibility index (Phi) is 4.69. The molecule has 0 aliphatic carbocycles. The maximum atomic E-state index is 13.0. The molecular formula is C22H20FN3O2. The molecule has 28 heavy (non-hydrogen) atoms. The molecular weight excluding hydrogens is 356 g/mol. The fourth-order valence-corrected chi connectivity index (χ4v) is 3.10. The van der Waals surface area contributed by atoms with Crippen LogP contribution in [0.15, 0.2) is 54.7 Å². The van der Waals surface area contributed by atoms with E-state index in [0.717, 1.165) is 33.1 Å².